The molecule has 0 spiro atoms. The second kappa shape index (κ2) is 7.70. The molecule has 0 amide bonds. The monoisotopic (exact) mass is 255 g/mol. The smallest absolute Gasteiger partial charge is 0.0584 e. The van der Waals surface area contributed by atoms with E-state index >= 15 is 0 Å². The van der Waals surface area contributed by atoms with Crippen molar-refractivity contribution in [3.05, 3.63) is 34.9 Å². The molecule has 0 aliphatic rings. The topological polar surface area (TPSA) is 32.3 Å². The third-order valence-corrected chi connectivity index (χ3v) is 3.25. The second-order valence-corrected chi connectivity index (χ2v) is 4.78. The van der Waals surface area contributed by atoms with Crippen LogP contribution in [0.15, 0.2) is 24.3 Å². The SMILES string of the molecule is CCCC(N[C@H](CC)CO)c1ccc(Cl)cc1. The summed E-state index contributed by atoms with van der Waals surface area (Å²) in [7, 11) is 0. The summed E-state index contributed by atoms with van der Waals surface area (Å²) in [6, 6.07) is 8.42. The number of nitrogens with one attached hydrogen (secondary N) is 1. The fourth-order valence-corrected chi connectivity index (χ4v) is 2.04. The highest BCUT2D eigenvalue weighted by Crippen LogP contribution is 2.21. The molecular formula is C14H22ClNO. The van der Waals surface area contributed by atoms with Crippen LogP contribution in [-0.2, 0) is 0 Å². The van der Waals surface area contributed by atoms with E-state index in [9.17, 15) is 5.11 Å². The summed E-state index contributed by atoms with van der Waals surface area (Å²) in [5, 5.41) is 13.5. The second-order valence-electron chi connectivity index (χ2n) is 4.35. The van der Waals surface area contributed by atoms with Crippen molar-refractivity contribution in [2.75, 3.05) is 6.61 Å². The molecule has 0 aliphatic carbocycles. The molecule has 2 atom stereocenters. The van der Waals surface area contributed by atoms with E-state index in [0.29, 0.717) is 6.04 Å². The van der Waals surface area contributed by atoms with Gasteiger partial charge >= 0.3 is 0 Å². The minimum absolute atomic E-state index is 0.169. The highest BCUT2D eigenvalue weighted by Gasteiger charge is 2.14. The van der Waals surface area contributed by atoms with E-state index in [4.69, 9.17) is 11.6 Å². The molecule has 0 bridgehead atoms. The van der Waals surface area contributed by atoms with E-state index in [1.165, 1.54) is 5.56 Å². The van der Waals surface area contributed by atoms with Gasteiger partial charge in [0, 0.05) is 17.1 Å². The Bertz CT molecular complexity index is 309. The van der Waals surface area contributed by atoms with E-state index in [-0.39, 0.29) is 12.6 Å². The third-order valence-electron chi connectivity index (χ3n) is 3.00. The van der Waals surface area contributed by atoms with Crippen LogP contribution in [0.3, 0.4) is 0 Å². The normalized spacial score (nSPS) is 14.6. The van der Waals surface area contributed by atoms with Crippen LogP contribution >= 0.6 is 11.6 Å². The van der Waals surface area contributed by atoms with Crippen LogP contribution in [0.5, 0.6) is 0 Å². The van der Waals surface area contributed by atoms with Crippen LogP contribution in [0.4, 0.5) is 0 Å². The molecule has 0 aromatic heterocycles. The van der Waals surface area contributed by atoms with E-state index < -0.39 is 0 Å². The van der Waals surface area contributed by atoms with Crippen molar-refractivity contribution in [3.63, 3.8) is 0 Å². The first kappa shape index (κ1) is 14.5. The largest absolute Gasteiger partial charge is 0.395 e. The summed E-state index contributed by atoms with van der Waals surface area (Å²) in [6.07, 6.45) is 3.12. The maximum absolute atomic E-state index is 9.25. The number of hydrogen-bond acceptors (Lipinski definition) is 2. The highest BCUT2D eigenvalue weighted by atomic mass is 35.5. The first-order chi connectivity index (χ1) is 8.21. The average Bonchev–Trinajstić information content (AvgIpc) is 2.35. The van der Waals surface area contributed by atoms with Gasteiger partial charge in [0.15, 0.2) is 0 Å². The summed E-state index contributed by atoms with van der Waals surface area (Å²) >= 11 is 5.89. The van der Waals surface area contributed by atoms with Crippen LogP contribution in [0.2, 0.25) is 5.02 Å². The highest BCUT2D eigenvalue weighted by molar-refractivity contribution is 6.30. The van der Waals surface area contributed by atoms with E-state index in [2.05, 4.69) is 31.3 Å². The number of hydrogen-bond donors (Lipinski definition) is 2. The van der Waals surface area contributed by atoms with Crippen molar-refractivity contribution in [3.8, 4) is 0 Å². The first-order valence-corrected chi connectivity index (χ1v) is 6.71. The number of aliphatic hydroxyl groups excluding tert-OH is 1. The Morgan fingerprint density at radius 1 is 1.24 bits per heavy atom. The number of benzene rings is 1. The van der Waals surface area contributed by atoms with E-state index in [1.54, 1.807) is 0 Å². The Hall–Kier alpha value is -0.570. The molecule has 1 unspecified atom stereocenters. The van der Waals surface area contributed by atoms with Crippen LogP contribution in [-0.4, -0.2) is 17.8 Å². The third kappa shape index (κ3) is 4.66. The molecule has 2 N–H and O–H groups in total. The molecule has 1 aromatic carbocycles. The molecule has 17 heavy (non-hydrogen) atoms. The van der Waals surface area contributed by atoms with Gasteiger partial charge in [0.25, 0.3) is 0 Å². The molecule has 0 radical (unpaired) electrons. The predicted octanol–water partition coefficient (Wildman–Crippen LogP) is 3.54. The zero-order valence-electron chi connectivity index (χ0n) is 10.6. The van der Waals surface area contributed by atoms with Crippen molar-refractivity contribution >= 4 is 11.6 Å². The predicted molar refractivity (Wildman–Crippen MR) is 73.4 cm³/mol. The summed E-state index contributed by atoms with van der Waals surface area (Å²) in [6.45, 7) is 4.44. The van der Waals surface area contributed by atoms with Crippen LogP contribution < -0.4 is 5.32 Å². The maximum atomic E-state index is 9.25. The molecule has 3 heteroatoms. The molecule has 1 aromatic rings. The van der Waals surface area contributed by atoms with E-state index in [0.717, 1.165) is 24.3 Å². The molecule has 0 saturated heterocycles. The van der Waals surface area contributed by atoms with Crippen molar-refractivity contribution in [1.29, 1.82) is 0 Å². The van der Waals surface area contributed by atoms with Gasteiger partial charge in [-0.1, -0.05) is 44.0 Å². The average molecular weight is 256 g/mol. The summed E-state index contributed by atoms with van der Waals surface area (Å²) in [5.74, 6) is 0. The zero-order valence-corrected chi connectivity index (χ0v) is 11.4. The molecular weight excluding hydrogens is 234 g/mol. The van der Waals surface area contributed by atoms with Crippen molar-refractivity contribution in [2.45, 2.75) is 45.2 Å². The first-order valence-electron chi connectivity index (χ1n) is 6.33. The van der Waals surface area contributed by atoms with Crippen LogP contribution in [0, 0.1) is 0 Å². The number of rotatable bonds is 7. The van der Waals surface area contributed by atoms with Crippen LogP contribution in [0.1, 0.15) is 44.7 Å². The Kier molecular flexibility index (Phi) is 6.56. The lowest BCUT2D eigenvalue weighted by Crippen LogP contribution is -2.35. The Labute approximate surface area is 109 Å². The van der Waals surface area contributed by atoms with Gasteiger partial charge < -0.3 is 10.4 Å². The van der Waals surface area contributed by atoms with E-state index in [1.807, 2.05) is 12.1 Å². The molecule has 96 valence electrons. The van der Waals surface area contributed by atoms with Gasteiger partial charge in [-0.3, -0.25) is 0 Å². The summed E-state index contributed by atoms with van der Waals surface area (Å²) < 4.78 is 0. The van der Waals surface area contributed by atoms with Gasteiger partial charge in [0.05, 0.1) is 6.61 Å². The fraction of sp³-hybridized carbons (Fsp3) is 0.571. The van der Waals surface area contributed by atoms with Crippen molar-refractivity contribution in [2.24, 2.45) is 0 Å². The molecule has 1 rings (SSSR count). The minimum Gasteiger partial charge on any atom is -0.395 e. The summed E-state index contributed by atoms with van der Waals surface area (Å²) in [5.41, 5.74) is 1.24. The van der Waals surface area contributed by atoms with Crippen molar-refractivity contribution in [1.82, 2.24) is 5.32 Å². The summed E-state index contributed by atoms with van der Waals surface area (Å²) in [4.78, 5) is 0. The Balaban J connectivity index is 2.73. The van der Waals surface area contributed by atoms with Gasteiger partial charge in [-0.05, 0) is 30.5 Å². The number of halogens is 1. The van der Waals surface area contributed by atoms with Gasteiger partial charge in [-0.15, -0.1) is 0 Å². The lowest BCUT2D eigenvalue weighted by Gasteiger charge is -2.24. The van der Waals surface area contributed by atoms with Crippen molar-refractivity contribution < 1.29 is 5.11 Å². The molecule has 2 nitrogen and oxygen atoms in total. The quantitative estimate of drug-likeness (QED) is 0.781. The minimum atomic E-state index is 0.169. The Morgan fingerprint density at radius 2 is 1.88 bits per heavy atom. The molecule has 0 saturated carbocycles. The molecule has 0 fully saturated rings. The lowest BCUT2D eigenvalue weighted by atomic mass is 10.0. The number of aliphatic hydroxyl groups is 1. The van der Waals surface area contributed by atoms with Crippen LogP contribution in [0.25, 0.3) is 0 Å². The standard InChI is InChI=1S/C14H22ClNO/c1-3-5-14(16-13(4-2)10-17)11-6-8-12(15)9-7-11/h6-9,13-14,16-17H,3-5,10H2,1-2H3/t13-,14?/m1/s1. The van der Waals surface area contributed by atoms with Gasteiger partial charge in [-0.25, -0.2) is 0 Å². The van der Waals surface area contributed by atoms with Gasteiger partial charge in [0.1, 0.15) is 0 Å². The molecule has 0 aliphatic heterocycles. The maximum Gasteiger partial charge on any atom is 0.0584 e. The lowest BCUT2D eigenvalue weighted by molar-refractivity contribution is 0.225. The van der Waals surface area contributed by atoms with Gasteiger partial charge in [0.2, 0.25) is 0 Å². The Morgan fingerprint density at radius 3 is 2.35 bits per heavy atom. The fourth-order valence-electron chi connectivity index (χ4n) is 1.91. The zero-order chi connectivity index (χ0) is 12.7. The molecule has 0 heterocycles. The van der Waals surface area contributed by atoms with Gasteiger partial charge in [-0.2, -0.15) is 0 Å².